The third-order valence-electron chi connectivity index (χ3n) is 3.28. The number of nitrogens with one attached hydrogen (secondary N) is 2. The van der Waals surface area contributed by atoms with Crippen molar-refractivity contribution >= 4 is 69.2 Å². The second-order valence-electron chi connectivity index (χ2n) is 5.26. The topological polar surface area (TPSA) is 70.6 Å². The molecule has 23 heavy (non-hydrogen) atoms. The number of carbonyl (C=O) groups excluding carboxylic acids is 2. The van der Waals surface area contributed by atoms with E-state index in [9.17, 15) is 9.59 Å². The average Bonchev–Trinajstić information content (AvgIpc) is 3.21. The fourth-order valence-corrected chi connectivity index (χ4v) is 3.59. The number of hydrogen-bond donors (Lipinski definition) is 2. The van der Waals surface area contributed by atoms with Crippen molar-refractivity contribution in [3.05, 3.63) is 27.2 Å². The lowest BCUT2D eigenvalue weighted by Gasteiger charge is -2.10. The Bertz CT molecular complexity index is 707. The molecule has 3 rings (SSSR count). The van der Waals surface area contributed by atoms with Crippen LogP contribution in [-0.2, 0) is 9.59 Å². The maximum atomic E-state index is 12.1. The van der Waals surface area contributed by atoms with Crippen LogP contribution in [0, 0.1) is 0 Å². The van der Waals surface area contributed by atoms with Crippen molar-refractivity contribution in [2.24, 2.45) is 4.99 Å². The molecule has 2 aliphatic rings. The molecule has 9 heteroatoms. The van der Waals surface area contributed by atoms with Crippen LogP contribution in [-0.4, -0.2) is 28.3 Å². The lowest BCUT2D eigenvalue weighted by atomic mass is 10.2. The van der Waals surface area contributed by atoms with Crippen LogP contribution in [0.5, 0.6) is 0 Å². The van der Waals surface area contributed by atoms with Gasteiger partial charge in [0.25, 0.3) is 0 Å². The van der Waals surface area contributed by atoms with E-state index in [-0.39, 0.29) is 23.3 Å². The summed E-state index contributed by atoms with van der Waals surface area (Å²) in [7, 11) is 0. The van der Waals surface area contributed by atoms with Gasteiger partial charge in [-0.25, -0.2) is 0 Å². The van der Waals surface area contributed by atoms with Crippen molar-refractivity contribution in [1.82, 2.24) is 5.32 Å². The zero-order valence-electron chi connectivity index (χ0n) is 11.7. The SMILES string of the molecule is O=C(C[C@@H]1SC(=NC2CC2)NC1=O)Nc1cc(Cl)c(Cl)cc1Cl. The third kappa shape index (κ3) is 4.32. The normalized spacial score (nSPS) is 22.3. The van der Waals surface area contributed by atoms with E-state index in [0.29, 0.717) is 26.9 Å². The van der Waals surface area contributed by atoms with Crippen LogP contribution in [0.15, 0.2) is 17.1 Å². The van der Waals surface area contributed by atoms with Crippen LogP contribution in [0.3, 0.4) is 0 Å². The molecule has 2 amide bonds. The molecule has 0 radical (unpaired) electrons. The highest BCUT2D eigenvalue weighted by molar-refractivity contribution is 8.15. The van der Waals surface area contributed by atoms with Crippen molar-refractivity contribution in [2.75, 3.05) is 5.32 Å². The van der Waals surface area contributed by atoms with Crippen LogP contribution >= 0.6 is 46.6 Å². The number of amides is 2. The highest BCUT2D eigenvalue weighted by atomic mass is 35.5. The van der Waals surface area contributed by atoms with Crippen molar-refractivity contribution in [2.45, 2.75) is 30.6 Å². The highest BCUT2D eigenvalue weighted by Crippen LogP contribution is 2.33. The first-order valence-electron chi connectivity index (χ1n) is 6.92. The zero-order chi connectivity index (χ0) is 16.6. The van der Waals surface area contributed by atoms with E-state index in [4.69, 9.17) is 34.8 Å². The Morgan fingerprint density at radius 3 is 2.65 bits per heavy atom. The van der Waals surface area contributed by atoms with Gasteiger partial charge < -0.3 is 10.6 Å². The monoisotopic (exact) mass is 391 g/mol. The van der Waals surface area contributed by atoms with E-state index in [1.54, 1.807) is 0 Å². The predicted octanol–water partition coefficient (Wildman–Crippen LogP) is 3.73. The molecule has 5 nitrogen and oxygen atoms in total. The molecule has 0 spiro atoms. The number of amidine groups is 1. The number of rotatable bonds is 4. The number of halogens is 3. The second-order valence-corrected chi connectivity index (χ2v) is 7.67. The lowest BCUT2D eigenvalue weighted by Crippen LogP contribution is -2.28. The molecule has 122 valence electrons. The van der Waals surface area contributed by atoms with E-state index < -0.39 is 5.25 Å². The molecule has 1 saturated carbocycles. The molecular formula is C14H12Cl3N3O2S. The average molecular weight is 393 g/mol. The summed E-state index contributed by atoms with van der Waals surface area (Å²) >= 11 is 19.1. The Hall–Kier alpha value is -0.950. The molecule has 0 aromatic heterocycles. The van der Waals surface area contributed by atoms with Gasteiger partial charge in [0.1, 0.15) is 5.25 Å². The summed E-state index contributed by atoms with van der Waals surface area (Å²) in [6.45, 7) is 0. The van der Waals surface area contributed by atoms with Crippen molar-refractivity contribution in [3.63, 3.8) is 0 Å². The van der Waals surface area contributed by atoms with E-state index in [2.05, 4.69) is 15.6 Å². The standard InChI is InChI=1S/C14H12Cl3N3O2S/c15-7-3-9(17)10(4-8(7)16)19-12(21)5-11-13(22)20-14(23-11)18-6-1-2-6/h3-4,6,11H,1-2,5H2,(H,19,21)(H,18,20,22)/t11-/m0/s1. The van der Waals surface area contributed by atoms with Gasteiger partial charge in [0.05, 0.1) is 26.8 Å². The maximum Gasteiger partial charge on any atom is 0.240 e. The Labute approximate surface area is 152 Å². The molecule has 1 aromatic rings. The van der Waals surface area contributed by atoms with Crippen molar-refractivity contribution < 1.29 is 9.59 Å². The summed E-state index contributed by atoms with van der Waals surface area (Å²) in [5, 5.41) is 6.34. The quantitative estimate of drug-likeness (QED) is 0.767. The predicted molar refractivity (Wildman–Crippen MR) is 94.7 cm³/mol. The van der Waals surface area contributed by atoms with Gasteiger partial charge in [-0.05, 0) is 25.0 Å². The molecule has 2 N–H and O–H groups in total. The Balaban J connectivity index is 1.61. The largest absolute Gasteiger partial charge is 0.325 e. The first-order chi connectivity index (χ1) is 10.9. The third-order valence-corrected chi connectivity index (χ3v) is 5.41. The van der Waals surface area contributed by atoms with Crippen LogP contribution in [0.4, 0.5) is 5.69 Å². The van der Waals surface area contributed by atoms with Gasteiger partial charge in [-0.3, -0.25) is 14.6 Å². The number of anilines is 1. The molecule has 1 heterocycles. The molecule has 2 fully saturated rings. The van der Waals surface area contributed by atoms with E-state index >= 15 is 0 Å². The second kappa shape index (κ2) is 6.89. The van der Waals surface area contributed by atoms with Crippen LogP contribution in [0.2, 0.25) is 15.1 Å². The minimum absolute atomic E-state index is 0.0246. The minimum Gasteiger partial charge on any atom is -0.325 e. The summed E-state index contributed by atoms with van der Waals surface area (Å²) in [4.78, 5) is 28.4. The molecule has 1 aliphatic heterocycles. The Morgan fingerprint density at radius 2 is 1.96 bits per heavy atom. The summed E-state index contributed by atoms with van der Waals surface area (Å²) in [5.74, 6) is -0.532. The molecular weight excluding hydrogens is 381 g/mol. The molecule has 1 atom stereocenters. The van der Waals surface area contributed by atoms with Crippen LogP contribution < -0.4 is 10.6 Å². The molecule has 1 saturated heterocycles. The fourth-order valence-electron chi connectivity index (χ4n) is 1.96. The van der Waals surface area contributed by atoms with E-state index in [1.165, 1.54) is 23.9 Å². The number of carbonyl (C=O) groups is 2. The number of aliphatic imine (C=N–C) groups is 1. The minimum atomic E-state index is -0.492. The van der Waals surface area contributed by atoms with Crippen LogP contribution in [0.1, 0.15) is 19.3 Å². The Kier molecular flexibility index (Phi) is 5.06. The maximum absolute atomic E-state index is 12.1. The summed E-state index contributed by atoms with van der Waals surface area (Å²) in [6.07, 6.45) is 2.14. The zero-order valence-corrected chi connectivity index (χ0v) is 14.8. The number of hydrogen-bond acceptors (Lipinski definition) is 4. The van der Waals surface area contributed by atoms with Gasteiger partial charge in [0.2, 0.25) is 11.8 Å². The first kappa shape index (κ1) is 16.9. The Morgan fingerprint density at radius 1 is 1.26 bits per heavy atom. The smallest absolute Gasteiger partial charge is 0.240 e. The molecule has 0 unspecified atom stereocenters. The van der Waals surface area contributed by atoms with Gasteiger partial charge in [-0.1, -0.05) is 46.6 Å². The fraction of sp³-hybridized carbons (Fsp3) is 0.357. The summed E-state index contributed by atoms with van der Waals surface area (Å²) < 4.78 is 0. The van der Waals surface area contributed by atoms with Gasteiger partial charge in [0, 0.05) is 6.42 Å². The van der Waals surface area contributed by atoms with Gasteiger partial charge in [-0.2, -0.15) is 0 Å². The lowest BCUT2D eigenvalue weighted by molar-refractivity contribution is -0.122. The molecule has 1 aromatic carbocycles. The van der Waals surface area contributed by atoms with Crippen molar-refractivity contribution in [1.29, 1.82) is 0 Å². The summed E-state index contributed by atoms with van der Waals surface area (Å²) in [6, 6.07) is 3.25. The molecule has 1 aliphatic carbocycles. The van der Waals surface area contributed by atoms with Gasteiger partial charge >= 0.3 is 0 Å². The summed E-state index contributed by atoms with van der Waals surface area (Å²) in [5.41, 5.74) is 0.362. The van der Waals surface area contributed by atoms with Crippen molar-refractivity contribution in [3.8, 4) is 0 Å². The van der Waals surface area contributed by atoms with Crippen LogP contribution in [0.25, 0.3) is 0 Å². The number of thioether (sulfide) groups is 1. The highest BCUT2D eigenvalue weighted by Gasteiger charge is 2.33. The molecule has 0 bridgehead atoms. The van der Waals surface area contributed by atoms with Gasteiger partial charge in [-0.15, -0.1) is 0 Å². The first-order valence-corrected chi connectivity index (χ1v) is 8.93. The number of benzene rings is 1. The van der Waals surface area contributed by atoms with E-state index in [0.717, 1.165) is 12.8 Å². The number of nitrogens with zero attached hydrogens (tertiary/aromatic N) is 1. The van der Waals surface area contributed by atoms with E-state index in [1.807, 2.05) is 0 Å². The van der Waals surface area contributed by atoms with Gasteiger partial charge in [0.15, 0.2) is 5.17 Å².